The Kier molecular flexibility index (Phi) is 11.1. The molecule has 238 valence electrons. The maximum absolute atomic E-state index is 13.8. The molecule has 1 aliphatic heterocycles. The third-order valence-electron chi connectivity index (χ3n) is 7.69. The molecule has 3 rings (SSSR count). The predicted molar refractivity (Wildman–Crippen MR) is 156 cm³/mol. The van der Waals surface area contributed by atoms with Crippen LogP contribution in [-0.4, -0.2) is 88.6 Å². The maximum Gasteiger partial charge on any atom is 0.409 e. The Morgan fingerprint density at radius 2 is 1.60 bits per heavy atom. The lowest BCUT2D eigenvalue weighted by molar-refractivity contribution is -0.160. The average Bonchev–Trinajstić information content (AvgIpc) is 3.37. The van der Waals surface area contributed by atoms with Crippen LogP contribution in [0.5, 0.6) is 0 Å². The van der Waals surface area contributed by atoms with Crippen molar-refractivity contribution in [1.82, 2.24) is 30.8 Å². The van der Waals surface area contributed by atoms with E-state index in [4.69, 9.17) is 9.47 Å². The van der Waals surface area contributed by atoms with Gasteiger partial charge >= 0.3 is 12.1 Å². The van der Waals surface area contributed by atoms with Gasteiger partial charge < -0.3 is 30.3 Å². The van der Waals surface area contributed by atoms with E-state index in [-0.39, 0.29) is 24.7 Å². The summed E-state index contributed by atoms with van der Waals surface area (Å²) in [6.45, 7) is 10.7. The van der Waals surface area contributed by atoms with Gasteiger partial charge in [-0.25, -0.2) is 9.78 Å². The predicted octanol–water partition coefficient (Wildman–Crippen LogP) is 2.21. The molecule has 43 heavy (non-hydrogen) atoms. The van der Waals surface area contributed by atoms with Crippen molar-refractivity contribution in [3.05, 3.63) is 24.3 Å². The van der Waals surface area contributed by atoms with E-state index >= 15 is 0 Å². The second-order valence-electron chi connectivity index (χ2n) is 13.4. The van der Waals surface area contributed by atoms with Crippen LogP contribution in [0.15, 0.2) is 18.6 Å². The highest BCUT2D eigenvalue weighted by molar-refractivity contribution is 5.97. The Hall–Kier alpha value is -3.77. The highest BCUT2D eigenvalue weighted by Crippen LogP contribution is 2.28. The lowest BCUT2D eigenvalue weighted by Gasteiger charge is -2.35. The molecule has 13 heteroatoms. The molecule has 0 aromatic carbocycles. The van der Waals surface area contributed by atoms with Crippen LogP contribution in [0.2, 0.25) is 0 Å². The zero-order valence-electron chi connectivity index (χ0n) is 26.3. The first kappa shape index (κ1) is 33.7. The molecule has 4 amide bonds. The number of rotatable bonds is 8. The fourth-order valence-corrected chi connectivity index (χ4v) is 5.51. The van der Waals surface area contributed by atoms with E-state index in [1.807, 2.05) is 20.8 Å². The summed E-state index contributed by atoms with van der Waals surface area (Å²) >= 11 is 0. The van der Waals surface area contributed by atoms with Gasteiger partial charge in [0, 0.05) is 25.5 Å². The molecule has 2 heterocycles. The quantitative estimate of drug-likeness (QED) is 0.378. The first-order valence-corrected chi connectivity index (χ1v) is 14.8. The van der Waals surface area contributed by atoms with Gasteiger partial charge in [0.15, 0.2) is 0 Å². The van der Waals surface area contributed by atoms with Crippen LogP contribution >= 0.6 is 0 Å². The zero-order chi connectivity index (χ0) is 31.9. The third-order valence-corrected chi connectivity index (χ3v) is 7.69. The van der Waals surface area contributed by atoms with Crippen LogP contribution in [0.4, 0.5) is 4.79 Å². The highest BCUT2D eigenvalue weighted by atomic mass is 16.6. The van der Waals surface area contributed by atoms with Gasteiger partial charge in [-0.1, -0.05) is 40.0 Å². The summed E-state index contributed by atoms with van der Waals surface area (Å²) in [4.78, 5) is 75.3. The number of amides is 4. The zero-order valence-corrected chi connectivity index (χ0v) is 26.3. The molecule has 1 aliphatic carbocycles. The Morgan fingerprint density at radius 3 is 2.16 bits per heavy atom. The fraction of sp³-hybridized carbons (Fsp3) is 0.700. The summed E-state index contributed by atoms with van der Waals surface area (Å²) in [5.41, 5.74) is -1.42. The van der Waals surface area contributed by atoms with E-state index in [0.717, 1.165) is 32.1 Å². The molecule has 0 radical (unpaired) electrons. The van der Waals surface area contributed by atoms with Crippen LogP contribution in [0, 0.1) is 17.3 Å². The van der Waals surface area contributed by atoms with Crippen molar-refractivity contribution in [2.24, 2.45) is 17.3 Å². The molecule has 2 aliphatic rings. The molecule has 4 atom stereocenters. The van der Waals surface area contributed by atoms with Crippen molar-refractivity contribution < 1.29 is 33.4 Å². The first-order valence-electron chi connectivity index (χ1n) is 14.8. The van der Waals surface area contributed by atoms with Crippen molar-refractivity contribution in [1.29, 1.82) is 0 Å². The van der Waals surface area contributed by atoms with Crippen molar-refractivity contribution in [3.8, 4) is 0 Å². The summed E-state index contributed by atoms with van der Waals surface area (Å²) in [5, 5.41) is 8.62. The highest BCUT2D eigenvalue weighted by Gasteiger charge is 2.45. The van der Waals surface area contributed by atoms with E-state index in [0.29, 0.717) is 0 Å². The topological polar surface area (TPSA) is 169 Å². The molecule has 1 aromatic rings. The number of aromatic nitrogens is 2. The summed E-state index contributed by atoms with van der Waals surface area (Å²) in [7, 11) is 1.24. The van der Waals surface area contributed by atoms with Crippen LogP contribution in [0.25, 0.3) is 0 Å². The minimum absolute atomic E-state index is 0.0112. The van der Waals surface area contributed by atoms with Gasteiger partial charge in [0.25, 0.3) is 5.91 Å². The average molecular weight is 603 g/mol. The standard InChI is InChI=1S/C30H46N6O7/c1-29(2,3)23(26(39)33-21-17-36(28(41)42-7)16-19(21)27(40)43-30(4,5)6)35-25(38)22(18-11-9-8-10-12-18)34-24(37)20-15-31-13-14-32-20/h13-15,18-19,21-23H,8-12,16-17H2,1-7H3,(H,33,39)(H,34,37)(H,35,38)/t19-,21+,22+,23-/m1/s1. The smallest absolute Gasteiger partial charge is 0.409 e. The number of nitrogens with zero attached hydrogens (tertiary/aromatic N) is 3. The number of carbonyl (C=O) groups is 5. The van der Waals surface area contributed by atoms with E-state index in [2.05, 4.69) is 25.9 Å². The van der Waals surface area contributed by atoms with Gasteiger partial charge in [0.2, 0.25) is 11.8 Å². The third kappa shape index (κ3) is 9.36. The number of hydrogen-bond donors (Lipinski definition) is 3. The summed E-state index contributed by atoms with van der Waals surface area (Å²) in [6, 6.07) is -2.68. The van der Waals surface area contributed by atoms with Crippen LogP contribution in [0.3, 0.4) is 0 Å². The molecule has 1 saturated heterocycles. The van der Waals surface area contributed by atoms with E-state index in [1.165, 1.54) is 30.6 Å². The maximum atomic E-state index is 13.8. The number of ether oxygens (including phenoxy) is 2. The van der Waals surface area contributed by atoms with Crippen molar-refractivity contribution in [2.75, 3.05) is 20.2 Å². The Labute approximate surface area is 253 Å². The second-order valence-corrected chi connectivity index (χ2v) is 13.4. The molecule has 0 unspecified atom stereocenters. The summed E-state index contributed by atoms with van der Waals surface area (Å²) in [6.07, 6.45) is 8.00. The molecule has 0 spiro atoms. The van der Waals surface area contributed by atoms with Crippen molar-refractivity contribution in [2.45, 2.75) is 97.4 Å². The van der Waals surface area contributed by atoms with Crippen molar-refractivity contribution >= 4 is 29.8 Å². The fourth-order valence-electron chi connectivity index (χ4n) is 5.51. The summed E-state index contributed by atoms with van der Waals surface area (Å²) < 4.78 is 10.4. The molecule has 3 N–H and O–H groups in total. The van der Waals surface area contributed by atoms with Gasteiger partial charge in [0.1, 0.15) is 23.4 Å². The minimum atomic E-state index is -1.02. The van der Waals surface area contributed by atoms with Gasteiger partial charge in [0.05, 0.1) is 25.3 Å². The molecular weight excluding hydrogens is 556 g/mol. The SMILES string of the molecule is COC(=O)N1C[C@H](NC(=O)[C@@H](NC(=O)[C@@H](NC(=O)c2cnccn2)C2CCCCC2)C(C)(C)C)[C@H](C(=O)OC(C)(C)C)C1. The van der Waals surface area contributed by atoms with Gasteiger partial charge in [-0.3, -0.25) is 24.2 Å². The van der Waals surface area contributed by atoms with E-state index in [9.17, 15) is 24.0 Å². The number of likely N-dealkylation sites (tertiary alicyclic amines) is 1. The second kappa shape index (κ2) is 14.1. The van der Waals surface area contributed by atoms with Gasteiger partial charge in [-0.2, -0.15) is 0 Å². The molecular formula is C30H46N6O7. The Bertz CT molecular complexity index is 1160. The lowest BCUT2D eigenvalue weighted by atomic mass is 9.82. The van der Waals surface area contributed by atoms with E-state index < -0.39 is 64.8 Å². The van der Waals surface area contributed by atoms with Crippen LogP contribution in [-0.2, 0) is 23.9 Å². The molecule has 1 saturated carbocycles. The Morgan fingerprint density at radius 1 is 0.930 bits per heavy atom. The minimum Gasteiger partial charge on any atom is -0.460 e. The molecule has 0 bridgehead atoms. The largest absolute Gasteiger partial charge is 0.460 e. The number of esters is 1. The van der Waals surface area contributed by atoms with Crippen LogP contribution in [0.1, 0.15) is 84.1 Å². The number of methoxy groups -OCH3 is 1. The summed E-state index contributed by atoms with van der Waals surface area (Å²) in [5.74, 6) is -3.02. The Balaban J connectivity index is 1.81. The number of hydrogen-bond acceptors (Lipinski definition) is 9. The van der Waals surface area contributed by atoms with E-state index in [1.54, 1.807) is 20.8 Å². The van der Waals surface area contributed by atoms with Crippen molar-refractivity contribution in [3.63, 3.8) is 0 Å². The van der Waals surface area contributed by atoms with Gasteiger partial charge in [-0.05, 0) is 44.9 Å². The van der Waals surface area contributed by atoms with Crippen LogP contribution < -0.4 is 16.0 Å². The number of nitrogens with one attached hydrogen (secondary N) is 3. The molecule has 2 fully saturated rings. The number of carbonyl (C=O) groups excluding carboxylic acids is 5. The molecule has 13 nitrogen and oxygen atoms in total. The lowest BCUT2D eigenvalue weighted by Crippen LogP contribution is -2.61. The monoisotopic (exact) mass is 602 g/mol. The normalized spacial score (nSPS) is 20.9. The first-order chi connectivity index (χ1) is 20.1. The molecule has 1 aromatic heterocycles. The van der Waals surface area contributed by atoms with Gasteiger partial charge in [-0.15, -0.1) is 0 Å².